The Morgan fingerprint density at radius 3 is 2.60 bits per heavy atom. The van der Waals surface area contributed by atoms with Crippen LogP contribution in [0.5, 0.6) is 5.75 Å². The second kappa shape index (κ2) is 8.72. The van der Waals surface area contributed by atoms with Gasteiger partial charge < -0.3 is 9.64 Å². The zero-order chi connectivity index (χ0) is 21.3. The van der Waals surface area contributed by atoms with E-state index in [9.17, 15) is 4.79 Å². The Hall–Kier alpha value is -1.84. The highest BCUT2D eigenvalue weighted by atomic mass is 35.5. The predicted molar refractivity (Wildman–Crippen MR) is 122 cm³/mol. The Balaban J connectivity index is 1.57. The lowest BCUT2D eigenvalue weighted by molar-refractivity contribution is -0.128. The molecule has 0 bridgehead atoms. The summed E-state index contributed by atoms with van der Waals surface area (Å²) in [5.74, 6) is 2.22. The number of carbonyl (C=O) groups is 1. The molecule has 2 aromatic carbocycles. The Bertz CT molecular complexity index is 915. The lowest BCUT2D eigenvalue weighted by Gasteiger charge is -2.39. The third kappa shape index (κ3) is 4.29. The van der Waals surface area contributed by atoms with Crippen molar-refractivity contribution >= 4 is 17.4 Å². The Labute approximate surface area is 185 Å². The molecule has 160 valence electrons. The standard InChI is InChI=1S/C26H32ClNO2/c1-4-24(29)26(2,3)17-28-13-11-18(12-14-28)25-21-10-9-20(27)15-19(21)16-30-23-8-6-5-7-22(23)25/h5-10,15,18,25H,4,11-14,16-17H2,1-3H3. The summed E-state index contributed by atoms with van der Waals surface area (Å²) in [5.41, 5.74) is 3.57. The van der Waals surface area contributed by atoms with Gasteiger partial charge in [0.05, 0.1) is 0 Å². The summed E-state index contributed by atoms with van der Waals surface area (Å²) in [4.78, 5) is 14.8. The first-order valence-electron chi connectivity index (χ1n) is 11.1. The van der Waals surface area contributed by atoms with Crippen LogP contribution in [0.25, 0.3) is 0 Å². The van der Waals surface area contributed by atoms with E-state index in [0.717, 1.165) is 43.2 Å². The molecule has 0 radical (unpaired) electrons. The van der Waals surface area contributed by atoms with E-state index in [1.54, 1.807) is 0 Å². The van der Waals surface area contributed by atoms with E-state index in [0.29, 0.717) is 30.6 Å². The second-order valence-electron chi connectivity index (χ2n) is 9.42. The van der Waals surface area contributed by atoms with Gasteiger partial charge in [0.2, 0.25) is 0 Å². The number of rotatable bonds is 5. The number of fused-ring (bicyclic) bond motifs is 2. The number of ketones is 1. The Morgan fingerprint density at radius 1 is 1.13 bits per heavy atom. The normalized spacial score (nSPS) is 20.1. The number of likely N-dealkylation sites (tertiary alicyclic amines) is 1. The van der Waals surface area contributed by atoms with Crippen molar-refractivity contribution in [2.45, 2.75) is 52.6 Å². The van der Waals surface area contributed by atoms with E-state index < -0.39 is 0 Å². The van der Waals surface area contributed by atoms with Crippen molar-refractivity contribution in [3.8, 4) is 5.75 Å². The zero-order valence-corrected chi connectivity index (χ0v) is 19.0. The average Bonchev–Trinajstić information content (AvgIpc) is 2.90. The first kappa shape index (κ1) is 21.4. The van der Waals surface area contributed by atoms with Gasteiger partial charge in [0.15, 0.2) is 0 Å². The summed E-state index contributed by atoms with van der Waals surface area (Å²) < 4.78 is 6.17. The molecule has 0 N–H and O–H groups in total. The smallest absolute Gasteiger partial charge is 0.139 e. The number of hydrogen-bond acceptors (Lipinski definition) is 3. The Morgan fingerprint density at radius 2 is 1.87 bits per heavy atom. The minimum Gasteiger partial charge on any atom is -0.489 e. The quantitative estimate of drug-likeness (QED) is 0.581. The average molecular weight is 426 g/mol. The highest BCUT2D eigenvalue weighted by molar-refractivity contribution is 6.30. The van der Waals surface area contributed by atoms with Crippen molar-refractivity contribution in [2.75, 3.05) is 19.6 Å². The molecule has 1 fully saturated rings. The fraction of sp³-hybridized carbons (Fsp3) is 0.500. The maximum Gasteiger partial charge on any atom is 0.139 e. The topological polar surface area (TPSA) is 29.5 Å². The summed E-state index contributed by atoms with van der Waals surface area (Å²) in [6, 6.07) is 14.7. The molecule has 1 atom stereocenters. The summed E-state index contributed by atoms with van der Waals surface area (Å²) in [6.07, 6.45) is 2.86. The van der Waals surface area contributed by atoms with Crippen LogP contribution in [-0.4, -0.2) is 30.3 Å². The van der Waals surface area contributed by atoms with Gasteiger partial charge in [-0.05, 0) is 61.2 Å². The monoisotopic (exact) mass is 425 g/mol. The van der Waals surface area contributed by atoms with Crippen molar-refractivity contribution in [3.63, 3.8) is 0 Å². The molecule has 1 unspecified atom stereocenters. The molecule has 1 saturated heterocycles. The van der Waals surface area contributed by atoms with Gasteiger partial charge in [-0.15, -0.1) is 0 Å². The summed E-state index contributed by atoms with van der Waals surface area (Å²) in [6.45, 7) is 9.62. The molecule has 0 spiro atoms. The van der Waals surface area contributed by atoms with Crippen LogP contribution in [0.15, 0.2) is 42.5 Å². The number of Topliss-reactive ketones (excluding diaryl/α,β-unsaturated/α-hetero) is 1. The highest BCUT2D eigenvalue weighted by Crippen LogP contribution is 2.45. The molecule has 2 heterocycles. The number of ether oxygens (including phenoxy) is 1. The van der Waals surface area contributed by atoms with Crippen molar-refractivity contribution < 1.29 is 9.53 Å². The van der Waals surface area contributed by atoms with Gasteiger partial charge in [0.1, 0.15) is 18.1 Å². The molecule has 4 heteroatoms. The minimum atomic E-state index is -0.270. The van der Waals surface area contributed by atoms with Crippen LogP contribution in [0.3, 0.4) is 0 Å². The summed E-state index contributed by atoms with van der Waals surface area (Å²) in [7, 11) is 0. The molecule has 0 aromatic heterocycles. The van der Waals surface area contributed by atoms with Gasteiger partial charge in [0, 0.05) is 34.9 Å². The molecule has 4 rings (SSSR count). The largest absolute Gasteiger partial charge is 0.489 e. The Kier molecular flexibility index (Phi) is 6.22. The predicted octanol–water partition coefficient (Wildman–Crippen LogP) is 6.08. The third-order valence-corrected chi connectivity index (χ3v) is 7.11. The van der Waals surface area contributed by atoms with Crippen LogP contribution in [-0.2, 0) is 11.4 Å². The summed E-state index contributed by atoms with van der Waals surface area (Å²) in [5, 5.41) is 0.764. The van der Waals surface area contributed by atoms with Gasteiger partial charge in [-0.25, -0.2) is 0 Å². The fourth-order valence-electron chi connectivity index (χ4n) is 5.27. The molecule has 30 heavy (non-hydrogen) atoms. The van der Waals surface area contributed by atoms with Crippen LogP contribution >= 0.6 is 11.6 Å². The molecule has 0 amide bonds. The first-order chi connectivity index (χ1) is 14.4. The molecular formula is C26H32ClNO2. The van der Waals surface area contributed by atoms with Gasteiger partial charge in [0.25, 0.3) is 0 Å². The van der Waals surface area contributed by atoms with Crippen LogP contribution in [0.1, 0.15) is 62.6 Å². The fourth-order valence-corrected chi connectivity index (χ4v) is 5.47. The van der Waals surface area contributed by atoms with E-state index in [1.807, 2.05) is 19.1 Å². The summed E-state index contributed by atoms with van der Waals surface area (Å²) >= 11 is 6.30. The third-order valence-electron chi connectivity index (χ3n) is 6.88. The first-order valence-corrected chi connectivity index (χ1v) is 11.5. The van der Waals surface area contributed by atoms with Crippen LogP contribution in [0.2, 0.25) is 5.02 Å². The molecule has 0 saturated carbocycles. The van der Waals surface area contributed by atoms with Crippen molar-refractivity contribution in [1.82, 2.24) is 4.90 Å². The van der Waals surface area contributed by atoms with E-state index in [1.165, 1.54) is 16.7 Å². The maximum absolute atomic E-state index is 12.3. The second-order valence-corrected chi connectivity index (χ2v) is 9.86. The number of piperidine rings is 1. The van der Waals surface area contributed by atoms with Gasteiger partial charge in [-0.2, -0.15) is 0 Å². The van der Waals surface area contributed by atoms with Gasteiger partial charge in [-0.3, -0.25) is 4.79 Å². The van der Waals surface area contributed by atoms with Crippen molar-refractivity contribution in [2.24, 2.45) is 11.3 Å². The number of carbonyl (C=O) groups excluding carboxylic acids is 1. The SMILES string of the molecule is CCC(=O)C(C)(C)CN1CCC(C2c3ccc(Cl)cc3COc3ccccc32)CC1. The van der Waals surface area contributed by atoms with E-state index in [4.69, 9.17) is 16.3 Å². The van der Waals surface area contributed by atoms with E-state index in [2.05, 4.69) is 49.1 Å². The zero-order valence-electron chi connectivity index (χ0n) is 18.3. The van der Waals surface area contributed by atoms with Crippen molar-refractivity contribution in [1.29, 1.82) is 0 Å². The molecular weight excluding hydrogens is 394 g/mol. The number of benzene rings is 2. The minimum absolute atomic E-state index is 0.270. The lowest BCUT2D eigenvalue weighted by Crippen LogP contribution is -2.43. The molecule has 3 nitrogen and oxygen atoms in total. The highest BCUT2D eigenvalue weighted by Gasteiger charge is 2.35. The van der Waals surface area contributed by atoms with Crippen LogP contribution in [0, 0.1) is 11.3 Å². The molecule has 0 aliphatic carbocycles. The lowest BCUT2D eigenvalue weighted by atomic mass is 9.74. The maximum atomic E-state index is 12.3. The number of halogens is 1. The molecule has 2 aliphatic rings. The molecule has 2 aliphatic heterocycles. The van der Waals surface area contributed by atoms with E-state index in [-0.39, 0.29) is 5.41 Å². The van der Waals surface area contributed by atoms with Crippen LogP contribution in [0.4, 0.5) is 0 Å². The van der Waals surface area contributed by atoms with E-state index >= 15 is 0 Å². The van der Waals surface area contributed by atoms with Gasteiger partial charge in [-0.1, -0.05) is 56.6 Å². The molecule has 2 aromatic rings. The van der Waals surface area contributed by atoms with Crippen molar-refractivity contribution in [3.05, 3.63) is 64.2 Å². The number of hydrogen-bond donors (Lipinski definition) is 0. The number of para-hydroxylation sites is 1. The van der Waals surface area contributed by atoms with Gasteiger partial charge >= 0.3 is 0 Å². The van der Waals surface area contributed by atoms with Crippen LogP contribution < -0.4 is 4.74 Å². The number of nitrogens with zero attached hydrogens (tertiary/aromatic N) is 1.